The van der Waals surface area contributed by atoms with Crippen molar-refractivity contribution in [1.29, 1.82) is 0 Å². The van der Waals surface area contributed by atoms with Crippen LogP contribution >= 0.6 is 137 Å². The topological polar surface area (TPSA) is 74.6 Å². The molecule has 0 spiro atoms. The molecule has 0 aliphatic rings. The Hall–Kier alpha value is -4.25. The zero-order chi connectivity index (χ0) is 54.5. The van der Waals surface area contributed by atoms with Crippen LogP contribution in [0.1, 0.15) is 67.8 Å². The number of fused-ring (bicyclic) bond motifs is 4. The fraction of sp³-hybridized carbons (Fsp3) is 0.0877. The lowest BCUT2D eigenvalue weighted by Gasteiger charge is -2.07. The van der Waals surface area contributed by atoms with E-state index < -0.39 is 35.7 Å². The molecular weight excluding hydrogens is 1360 g/mol. The van der Waals surface area contributed by atoms with Gasteiger partial charge < -0.3 is 10.2 Å². The average Bonchev–Trinajstić information content (AvgIpc) is 4.35. The van der Waals surface area contributed by atoms with E-state index in [1.54, 1.807) is 22.7 Å². The number of benzene rings is 5. The van der Waals surface area contributed by atoms with Gasteiger partial charge >= 0.3 is 12.4 Å². The van der Waals surface area contributed by atoms with Crippen molar-refractivity contribution in [3.8, 4) is 31.3 Å². The molecule has 0 fully saturated rings. The molecule has 2 N–H and O–H groups in total. The van der Waals surface area contributed by atoms with Gasteiger partial charge in [-0.1, -0.05) is 54.1 Å². The van der Waals surface area contributed by atoms with E-state index in [0.717, 1.165) is 136 Å². The van der Waals surface area contributed by atoms with Gasteiger partial charge in [-0.15, -0.1) is 79.4 Å². The van der Waals surface area contributed by atoms with E-state index >= 15 is 0 Å². The third kappa shape index (κ3) is 12.9. The lowest BCUT2D eigenvalue weighted by atomic mass is 10.1. The Bertz CT molecular complexity index is 3950. The third-order valence-corrected chi connectivity index (χ3v) is 22.4. The van der Waals surface area contributed by atoms with Crippen molar-refractivity contribution in [2.75, 3.05) is 0 Å². The number of hydrogen-bond donors (Lipinski definition) is 2. The minimum absolute atomic E-state index is 0. The van der Waals surface area contributed by atoms with E-state index in [-0.39, 0.29) is 9.90 Å². The molecule has 398 valence electrons. The molecule has 4 nitrogen and oxygen atoms in total. The molecule has 5 aromatic carbocycles. The van der Waals surface area contributed by atoms with E-state index in [4.69, 9.17) is 0 Å². The number of halogens is 9. The Morgan fingerprint density at radius 1 is 0.462 bits per heavy atom. The van der Waals surface area contributed by atoms with Crippen molar-refractivity contribution in [1.82, 2.24) is 0 Å². The van der Waals surface area contributed by atoms with Gasteiger partial charge in [0, 0.05) is 62.0 Å². The van der Waals surface area contributed by atoms with Gasteiger partial charge in [-0.05, 0) is 184 Å². The smallest absolute Gasteiger partial charge is 0.382 e. The number of aldehydes is 2. The molecule has 21 heteroatoms. The lowest BCUT2D eigenvalue weighted by molar-refractivity contribution is -0.138. The molecule has 0 aliphatic carbocycles. The van der Waals surface area contributed by atoms with E-state index in [9.17, 15) is 46.1 Å². The molecule has 78 heavy (non-hydrogen) atoms. The van der Waals surface area contributed by atoms with Gasteiger partial charge in [-0.2, -0.15) is 36.2 Å². The van der Waals surface area contributed by atoms with Crippen LogP contribution in [0.15, 0.2) is 158 Å². The number of carbonyl (C=O) groups excluding carboxylic acids is 2. The number of hydrogen-bond acceptors (Lipinski definition) is 11. The number of carbonyl (C=O) groups is 2. The van der Waals surface area contributed by atoms with E-state index in [1.807, 2.05) is 53.9 Å². The Morgan fingerprint density at radius 2 is 0.821 bits per heavy atom. The second-order valence-electron chi connectivity index (χ2n) is 17.3. The molecular formula is C57H36Br3F6O4PS7. The van der Waals surface area contributed by atoms with Crippen LogP contribution in [-0.2, 0) is 12.4 Å². The van der Waals surface area contributed by atoms with E-state index in [0.29, 0.717) is 14.9 Å². The van der Waals surface area contributed by atoms with Crippen LogP contribution in [0.25, 0.3) is 71.7 Å². The minimum atomic E-state index is -4.39. The fourth-order valence-electron chi connectivity index (χ4n) is 8.12. The van der Waals surface area contributed by atoms with Gasteiger partial charge in [0.05, 0.1) is 30.6 Å². The van der Waals surface area contributed by atoms with Crippen LogP contribution in [0.5, 0.6) is 0 Å². The molecule has 0 saturated heterocycles. The molecule has 7 heterocycles. The molecule has 0 amide bonds. The van der Waals surface area contributed by atoms with E-state index in [2.05, 4.69) is 97.2 Å². The van der Waals surface area contributed by atoms with Gasteiger partial charge in [0.2, 0.25) is 0 Å². The largest absolute Gasteiger partial charge is 0.416 e. The number of rotatable bonds is 9. The standard InChI is InChI=1S/C34H21Br2F3O2S4.C12H6O2S2.C11H6BrF3S.H3P/c1-16-2-4-17(5-3-16)26-14-22(35)32(44-26)30(40)28-12-19-10-25-20(11-24(19)42-28)13-29(43-25)31(41)33-23(36)15-27(45-33)18-6-8-21(9-7-18)34(37,38)39;13-5-9-1-7-3-12-8(4-11(7)15-9)2-10(6-14)16-12;12-9-5-10(16-6-9)7-1-3-8(4-2-7)11(13,14)15;/h2-15,30-31,40-41H,1H3;2*1-6H;1H3. The van der Waals surface area contributed by atoms with Crippen molar-refractivity contribution in [2.24, 2.45) is 0 Å². The summed E-state index contributed by atoms with van der Waals surface area (Å²) < 4.78 is 82.7. The first-order chi connectivity index (χ1) is 36.7. The highest BCUT2D eigenvalue weighted by Crippen LogP contribution is 2.47. The van der Waals surface area contributed by atoms with E-state index in [1.165, 1.54) is 86.5 Å². The Balaban J connectivity index is 0.000000181. The SMILES string of the molecule is Cc1ccc(-c2cc(Br)c(C(O)c3cc4cc5sc(C(O)c6sc(-c7ccc(C(F)(F)F)cc7)cc6Br)cc5cc4s3)s2)cc1.FC(F)(F)c1ccc(-c2cc(Br)cs2)cc1.O=Cc1cc2cc3sc(C=O)cc3cc2s1.P. The predicted molar refractivity (Wildman–Crippen MR) is 332 cm³/mol. The van der Waals surface area contributed by atoms with Crippen LogP contribution in [0.4, 0.5) is 26.3 Å². The van der Waals surface area contributed by atoms with Gasteiger partial charge in [-0.25, -0.2) is 0 Å². The summed E-state index contributed by atoms with van der Waals surface area (Å²) in [5.41, 5.74) is 2.45. The summed E-state index contributed by atoms with van der Waals surface area (Å²) in [6.07, 6.45) is -8.56. The van der Waals surface area contributed by atoms with Crippen molar-refractivity contribution >= 4 is 190 Å². The fourth-order valence-corrected chi connectivity index (χ4v) is 17.5. The highest BCUT2D eigenvalue weighted by atomic mass is 79.9. The molecule has 3 unspecified atom stereocenters. The van der Waals surface area contributed by atoms with Crippen LogP contribution in [0, 0.1) is 6.92 Å². The summed E-state index contributed by atoms with van der Waals surface area (Å²) in [6, 6.07) is 40.4. The number of aliphatic hydroxyl groups excluding tert-OH is 2. The van der Waals surface area contributed by atoms with Gasteiger partial charge in [0.15, 0.2) is 12.6 Å². The average molecular weight is 1390 g/mol. The van der Waals surface area contributed by atoms with Crippen molar-refractivity contribution < 1.29 is 46.1 Å². The zero-order valence-corrected chi connectivity index (χ0v) is 51.7. The summed E-state index contributed by atoms with van der Waals surface area (Å²) in [7, 11) is 0. The number of thiophene rings is 7. The van der Waals surface area contributed by atoms with Crippen LogP contribution in [0.3, 0.4) is 0 Å². The van der Waals surface area contributed by atoms with Crippen LogP contribution in [-0.4, -0.2) is 22.8 Å². The Labute approximate surface area is 498 Å². The lowest BCUT2D eigenvalue weighted by Crippen LogP contribution is -2.03. The van der Waals surface area contributed by atoms with Gasteiger partial charge in [0.25, 0.3) is 0 Å². The maximum atomic E-state index is 13.0. The first-order valence-electron chi connectivity index (χ1n) is 22.7. The summed E-state index contributed by atoms with van der Waals surface area (Å²) in [4.78, 5) is 28.8. The maximum absolute atomic E-state index is 13.0. The predicted octanol–water partition coefficient (Wildman–Crippen LogP) is 21.6. The molecule has 0 saturated carbocycles. The highest BCUT2D eigenvalue weighted by molar-refractivity contribution is 9.11. The molecule has 0 radical (unpaired) electrons. The van der Waals surface area contributed by atoms with Crippen LogP contribution in [0.2, 0.25) is 0 Å². The molecule has 3 atom stereocenters. The number of aryl methyl sites for hydroxylation is 1. The summed E-state index contributed by atoms with van der Waals surface area (Å²) >= 11 is 20.9. The first kappa shape index (κ1) is 58.4. The number of aliphatic hydroxyl groups is 2. The summed E-state index contributed by atoms with van der Waals surface area (Å²) in [5, 5.41) is 28.8. The Morgan fingerprint density at radius 3 is 1.18 bits per heavy atom. The molecule has 12 rings (SSSR count). The monoisotopic (exact) mass is 1390 g/mol. The second-order valence-corrected chi connectivity index (χ2v) is 27.4. The van der Waals surface area contributed by atoms with Crippen LogP contribution < -0.4 is 0 Å². The maximum Gasteiger partial charge on any atom is 0.416 e. The molecule has 7 aromatic heterocycles. The van der Waals surface area contributed by atoms with Crippen molar-refractivity contribution in [3.63, 3.8) is 0 Å². The first-order valence-corrected chi connectivity index (χ1v) is 30.8. The molecule has 0 bridgehead atoms. The van der Waals surface area contributed by atoms with Crippen molar-refractivity contribution in [2.45, 2.75) is 31.5 Å². The Kier molecular flexibility index (Phi) is 18.0. The number of alkyl halides is 6. The highest BCUT2D eigenvalue weighted by Gasteiger charge is 2.31. The second kappa shape index (κ2) is 24.1. The molecule has 12 aromatic rings. The zero-order valence-electron chi connectivity index (χ0n) is 39.8. The normalized spacial score (nSPS) is 12.5. The third-order valence-electron chi connectivity index (χ3n) is 12.0. The van der Waals surface area contributed by atoms with Crippen molar-refractivity contribution in [3.05, 3.63) is 204 Å². The van der Waals surface area contributed by atoms with Gasteiger partial charge in [-0.3, -0.25) is 9.59 Å². The summed E-state index contributed by atoms with van der Waals surface area (Å²) in [5.74, 6) is 0. The van der Waals surface area contributed by atoms with Gasteiger partial charge in [0.1, 0.15) is 12.2 Å². The summed E-state index contributed by atoms with van der Waals surface area (Å²) in [6.45, 7) is 2.06. The quantitative estimate of drug-likeness (QED) is 0.0858. The minimum Gasteiger partial charge on any atom is -0.382 e. The molecule has 0 aliphatic heterocycles.